The summed E-state index contributed by atoms with van der Waals surface area (Å²) in [6.45, 7) is 1.58. The molecule has 0 aliphatic carbocycles. The van der Waals surface area contributed by atoms with Crippen LogP contribution in [0.4, 0.5) is 10.1 Å². The molecule has 0 spiro atoms. The van der Waals surface area contributed by atoms with E-state index in [-0.39, 0.29) is 0 Å². The largest absolute Gasteiger partial charge is 0.457 e. The van der Waals surface area contributed by atoms with Crippen molar-refractivity contribution in [3.63, 3.8) is 0 Å². The minimum absolute atomic E-state index is 0.393. The Bertz CT molecular complexity index is 597. The Balaban J connectivity index is 2.32. The Hall–Kier alpha value is -2.07. The maximum Gasteiger partial charge on any atom is 0.133 e. The van der Waals surface area contributed by atoms with E-state index in [1.807, 2.05) is 43.3 Å². The first kappa shape index (κ1) is 14.3. The molecule has 0 aromatic heterocycles. The highest BCUT2D eigenvalue weighted by molar-refractivity contribution is 5.51. The highest BCUT2D eigenvalue weighted by Gasteiger charge is 2.11. The summed E-state index contributed by atoms with van der Waals surface area (Å²) < 4.78 is 19.0. The highest BCUT2D eigenvalue weighted by atomic mass is 19.1. The average molecular weight is 275 g/mol. The first-order valence-electron chi connectivity index (χ1n) is 6.40. The maximum atomic E-state index is 13.2. The standard InChI is InChI=1S/C16H18FNO2/c1-11(19)15-9-12(17)7-8-16(15)20-14-6-4-5-13(10-14)18(2)3/h4-11,19H,1-3H3/t11-/m0/s1. The number of ether oxygens (including phenoxy) is 1. The van der Waals surface area contributed by atoms with E-state index < -0.39 is 11.9 Å². The van der Waals surface area contributed by atoms with Crippen LogP contribution in [0.1, 0.15) is 18.6 Å². The van der Waals surface area contributed by atoms with Gasteiger partial charge in [0.2, 0.25) is 0 Å². The van der Waals surface area contributed by atoms with Crippen LogP contribution in [-0.4, -0.2) is 19.2 Å². The molecule has 1 atom stereocenters. The molecule has 0 radical (unpaired) electrons. The minimum atomic E-state index is -0.794. The van der Waals surface area contributed by atoms with Gasteiger partial charge >= 0.3 is 0 Å². The molecule has 0 fully saturated rings. The van der Waals surface area contributed by atoms with Crippen molar-refractivity contribution in [3.8, 4) is 11.5 Å². The number of aliphatic hydroxyl groups excluding tert-OH is 1. The predicted molar refractivity (Wildman–Crippen MR) is 77.9 cm³/mol. The van der Waals surface area contributed by atoms with E-state index in [2.05, 4.69) is 0 Å². The van der Waals surface area contributed by atoms with Crippen molar-refractivity contribution in [2.24, 2.45) is 0 Å². The molecule has 2 aromatic rings. The number of nitrogens with zero attached hydrogens (tertiary/aromatic N) is 1. The zero-order valence-electron chi connectivity index (χ0n) is 11.8. The van der Waals surface area contributed by atoms with Gasteiger partial charge in [-0.2, -0.15) is 0 Å². The summed E-state index contributed by atoms with van der Waals surface area (Å²) in [5, 5.41) is 9.69. The van der Waals surface area contributed by atoms with E-state index in [0.29, 0.717) is 17.1 Å². The van der Waals surface area contributed by atoms with Crippen molar-refractivity contribution in [3.05, 3.63) is 53.8 Å². The third kappa shape index (κ3) is 3.27. The molecule has 0 amide bonds. The molecule has 0 saturated heterocycles. The van der Waals surface area contributed by atoms with Crippen LogP contribution in [0.5, 0.6) is 11.5 Å². The lowest BCUT2D eigenvalue weighted by atomic mass is 10.1. The molecule has 20 heavy (non-hydrogen) atoms. The van der Waals surface area contributed by atoms with E-state index >= 15 is 0 Å². The fourth-order valence-electron chi connectivity index (χ4n) is 1.89. The van der Waals surface area contributed by atoms with Gasteiger partial charge in [-0.15, -0.1) is 0 Å². The molecule has 0 heterocycles. The van der Waals surface area contributed by atoms with Crippen molar-refractivity contribution in [2.75, 3.05) is 19.0 Å². The zero-order valence-corrected chi connectivity index (χ0v) is 11.8. The molecule has 0 unspecified atom stereocenters. The van der Waals surface area contributed by atoms with Crippen molar-refractivity contribution < 1.29 is 14.2 Å². The van der Waals surface area contributed by atoms with Gasteiger partial charge in [0, 0.05) is 31.4 Å². The second-order valence-electron chi connectivity index (χ2n) is 4.85. The van der Waals surface area contributed by atoms with Crippen LogP contribution in [0.2, 0.25) is 0 Å². The van der Waals surface area contributed by atoms with E-state index in [0.717, 1.165) is 5.69 Å². The van der Waals surface area contributed by atoms with Gasteiger partial charge in [-0.3, -0.25) is 0 Å². The normalized spacial score (nSPS) is 12.1. The van der Waals surface area contributed by atoms with E-state index in [1.165, 1.54) is 18.2 Å². The first-order chi connectivity index (χ1) is 9.47. The van der Waals surface area contributed by atoms with Crippen LogP contribution < -0.4 is 9.64 Å². The second-order valence-corrected chi connectivity index (χ2v) is 4.85. The number of hydrogen-bond acceptors (Lipinski definition) is 3. The van der Waals surface area contributed by atoms with E-state index in [1.54, 1.807) is 6.92 Å². The number of benzene rings is 2. The second kappa shape index (κ2) is 5.92. The van der Waals surface area contributed by atoms with Gasteiger partial charge in [0.25, 0.3) is 0 Å². The van der Waals surface area contributed by atoms with Gasteiger partial charge in [0.05, 0.1) is 6.10 Å². The minimum Gasteiger partial charge on any atom is -0.457 e. The Labute approximate surface area is 118 Å². The summed E-state index contributed by atoms with van der Waals surface area (Å²) in [6, 6.07) is 11.7. The zero-order chi connectivity index (χ0) is 14.7. The predicted octanol–water partition coefficient (Wildman–Crippen LogP) is 3.74. The highest BCUT2D eigenvalue weighted by Crippen LogP contribution is 2.31. The Morgan fingerprint density at radius 2 is 1.90 bits per heavy atom. The summed E-state index contributed by atoms with van der Waals surface area (Å²) in [4.78, 5) is 1.97. The molecule has 2 rings (SSSR count). The smallest absolute Gasteiger partial charge is 0.133 e. The van der Waals surface area contributed by atoms with Gasteiger partial charge in [-0.05, 0) is 37.3 Å². The van der Waals surface area contributed by atoms with Crippen molar-refractivity contribution in [1.82, 2.24) is 0 Å². The van der Waals surface area contributed by atoms with Gasteiger partial charge in [0.1, 0.15) is 17.3 Å². The van der Waals surface area contributed by atoms with Crippen LogP contribution in [0.25, 0.3) is 0 Å². The van der Waals surface area contributed by atoms with Crippen LogP contribution in [0.15, 0.2) is 42.5 Å². The summed E-state index contributed by atoms with van der Waals surface area (Å²) >= 11 is 0. The van der Waals surface area contributed by atoms with Crippen LogP contribution in [0, 0.1) is 5.82 Å². The molecule has 1 N–H and O–H groups in total. The number of hydrogen-bond donors (Lipinski definition) is 1. The number of anilines is 1. The molecule has 0 aliphatic heterocycles. The fraction of sp³-hybridized carbons (Fsp3) is 0.250. The SMILES string of the molecule is C[C@H](O)c1cc(F)ccc1Oc1cccc(N(C)C)c1. The molecular formula is C16H18FNO2. The van der Waals surface area contributed by atoms with Crippen molar-refractivity contribution in [2.45, 2.75) is 13.0 Å². The van der Waals surface area contributed by atoms with Crippen molar-refractivity contribution >= 4 is 5.69 Å². The fourth-order valence-corrected chi connectivity index (χ4v) is 1.89. The van der Waals surface area contributed by atoms with E-state index in [9.17, 15) is 9.50 Å². The lowest BCUT2D eigenvalue weighted by molar-refractivity contribution is 0.195. The molecule has 0 saturated carbocycles. The summed E-state index contributed by atoms with van der Waals surface area (Å²) in [5.41, 5.74) is 1.43. The third-order valence-electron chi connectivity index (χ3n) is 2.98. The molecule has 4 heteroatoms. The van der Waals surface area contributed by atoms with Crippen LogP contribution in [-0.2, 0) is 0 Å². The van der Waals surface area contributed by atoms with Gasteiger partial charge in [0.15, 0.2) is 0 Å². The number of aliphatic hydroxyl groups is 1. The number of rotatable bonds is 4. The van der Waals surface area contributed by atoms with Gasteiger partial charge < -0.3 is 14.7 Å². The number of halogens is 1. The Kier molecular flexibility index (Phi) is 4.25. The summed E-state index contributed by atoms with van der Waals surface area (Å²) in [7, 11) is 3.89. The quantitative estimate of drug-likeness (QED) is 0.922. The van der Waals surface area contributed by atoms with Crippen molar-refractivity contribution in [1.29, 1.82) is 0 Å². The first-order valence-corrected chi connectivity index (χ1v) is 6.40. The third-order valence-corrected chi connectivity index (χ3v) is 2.98. The summed E-state index contributed by atoms with van der Waals surface area (Å²) in [6.07, 6.45) is -0.794. The van der Waals surface area contributed by atoms with Crippen LogP contribution >= 0.6 is 0 Å². The maximum absolute atomic E-state index is 13.2. The molecule has 2 aromatic carbocycles. The molecule has 0 aliphatic rings. The van der Waals surface area contributed by atoms with Gasteiger partial charge in [-0.1, -0.05) is 6.07 Å². The Morgan fingerprint density at radius 1 is 1.15 bits per heavy atom. The monoisotopic (exact) mass is 275 g/mol. The van der Waals surface area contributed by atoms with Gasteiger partial charge in [-0.25, -0.2) is 4.39 Å². The molecule has 3 nitrogen and oxygen atoms in total. The lowest BCUT2D eigenvalue weighted by Gasteiger charge is -2.16. The topological polar surface area (TPSA) is 32.7 Å². The Morgan fingerprint density at radius 3 is 2.55 bits per heavy atom. The molecule has 106 valence electrons. The molecule has 0 bridgehead atoms. The van der Waals surface area contributed by atoms with Crippen LogP contribution in [0.3, 0.4) is 0 Å². The lowest BCUT2D eigenvalue weighted by Crippen LogP contribution is -2.08. The average Bonchev–Trinajstić information content (AvgIpc) is 2.41. The molecular weight excluding hydrogens is 257 g/mol. The van der Waals surface area contributed by atoms with E-state index in [4.69, 9.17) is 4.74 Å². The summed E-state index contributed by atoms with van der Waals surface area (Å²) in [5.74, 6) is 0.706.